The summed E-state index contributed by atoms with van der Waals surface area (Å²) in [7, 11) is 0. The van der Waals surface area contributed by atoms with Crippen molar-refractivity contribution in [1.29, 1.82) is 0 Å². The molecule has 0 unspecified atom stereocenters. The molecule has 1 aliphatic rings. The van der Waals surface area contributed by atoms with E-state index < -0.39 is 0 Å². The van der Waals surface area contributed by atoms with E-state index in [1.54, 1.807) is 0 Å². The first kappa shape index (κ1) is 8.86. The molecule has 2 aromatic rings. The molecule has 15 heavy (non-hydrogen) atoms. The third-order valence-electron chi connectivity index (χ3n) is 3.24. The molecule has 1 heterocycles. The predicted octanol–water partition coefficient (Wildman–Crippen LogP) is 2.18. The van der Waals surface area contributed by atoms with Gasteiger partial charge in [-0.2, -0.15) is 0 Å². The quantitative estimate of drug-likeness (QED) is 0.762. The van der Waals surface area contributed by atoms with Crippen molar-refractivity contribution in [2.75, 3.05) is 0 Å². The van der Waals surface area contributed by atoms with E-state index in [1.807, 2.05) is 6.07 Å². The topological polar surface area (TPSA) is 38.9 Å². The Morgan fingerprint density at radius 1 is 1.20 bits per heavy atom. The van der Waals surface area contributed by atoms with Crippen LogP contribution in [-0.2, 0) is 19.4 Å². The van der Waals surface area contributed by atoms with Crippen LogP contribution in [0.25, 0.3) is 10.9 Å². The van der Waals surface area contributed by atoms with Crippen molar-refractivity contribution in [2.24, 2.45) is 5.73 Å². The lowest BCUT2D eigenvalue weighted by molar-refractivity contribution is 0.896. The highest BCUT2D eigenvalue weighted by Crippen LogP contribution is 2.29. The molecule has 0 spiro atoms. The lowest BCUT2D eigenvalue weighted by Gasteiger charge is -2.09. The average molecular weight is 198 g/mol. The number of aryl methyl sites for hydroxylation is 1. The number of nitrogens with zero attached hydrogens (tertiary/aromatic N) is 1. The van der Waals surface area contributed by atoms with Crippen LogP contribution in [-0.4, -0.2) is 4.98 Å². The lowest BCUT2D eigenvalue weighted by atomic mass is 10.0. The first-order valence-electron chi connectivity index (χ1n) is 5.49. The van der Waals surface area contributed by atoms with Crippen molar-refractivity contribution in [3.05, 3.63) is 41.1 Å². The summed E-state index contributed by atoms with van der Waals surface area (Å²) in [5.41, 5.74) is 11.0. The van der Waals surface area contributed by atoms with Crippen molar-refractivity contribution >= 4 is 10.9 Å². The van der Waals surface area contributed by atoms with Crippen molar-refractivity contribution in [1.82, 2.24) is 4.98 Å². The van der Waals surface area contributed by atoms with Crippen LogP contribution in [0.2, 0.25) is 0 Å². The second kappa shape index (κ2) is 3.31. The van der Waals surface area contributed by atoms with E-state index >= 15 is 0 Å². The number of para-hydroxylation sites is 1. The molecule has 0 aliphatic heterocycles. The van der Waals surface area contributed by atoms with Crippen molar-refractivity contribution in [3.8, 4) is 0 Å². The van der Waals surface area contributed by atoms with E-state index in [-0.39, 0.29) is 0 Å². The average Bonchev–Trinajstić information content (AvgIpc) is 2.73. The number of fused-ring (bicyclic) bond motifs is 2. The summed E-state index contributed by atoms with van der Waals surface area (Å²) >= 11 is 0. The maximum Gasteiger partial charge on any atom is 0.0708 e. The van der Waals surface area contributed by atoms with Crippen LogP contribution in [0.5, 0.6) is 0 Å². The minimum Gasteiger partial charge on any atom is -0.326 e. The summed E-state index contributed by atoms with van der Waals surface area (Å²) in [6.07, 6.45) is 3.50. The maximum atomic E-state index is 5.86. The molecule has 1 aliphatic carbocycles. The monoisotopic (exact) mass is 198 g/mol. The number of benzene rings is 1. The van der Waals surface area contributed by atoms with E-state index in [4.69, 9.17) is 10.7 Å². The van der Waals surface area contributed by atoms with Gasteiger partial charge in [0.1, 0.15) is 0 Å². The summed E-state index contributed by atoms with van der Waals surface area (Å²) < 4.78 is 0. The second-order valence-electron chi connectivity index (χ2n) is 4.09. The van der Waals surface area contributed by atoms with Gasteiger partial charge in [-0.1, -0.05) is 18.2 Å². The van der Waals surface area contributed by atoms with Crippen molar-refractivity contribution < 1.29 is 0 Å². The number of hydrogen-bond donors (Lipinski definition) is 1. The smallest absolute Gasteiger partial charge is 0.0708 e. The highest BCUT2D eigenvalue weighted by Gasteiger charge is 2.17. The summed E-state index contributed by atoms with van der Waals surface area (Å²) in [5.74, 6) is 0. The van der Waals surface area contributed by atoms with Gasteiger partial charge in [-0.25, -0.2) is 0 Å². The molecule has 2 N–H and O–H groups in total. The highest BCUT2D eigenvalue weighted by atomic mass is 14.7. The van der Waals surface area contributed by atoms with E-state index in [0.717, 1.165) is 18.4 Å². The Morgan fingerprint density at radius 2 is 2.07 bits per heavy atom. The zero-order chi connectivity index (χ0) is 10.3. The number of hydrogen-bond acceptors (Lipinski definition) is 2. The fourth-order valence-corrected chi connectivity index (χ4v) is 2.54. The molecule has 2 nitrogen and oxygen atoms in total. The Labute approximate surface area is 89.1 Å². The molecule has 1 aromatic heterocycles. The first-order valence-corrected chi connectivity index (χ1v) is 5.49. The molecule has 76 valence electrons. The first-order chi connectivity index (χ1) is 7.40. The molecule has 0 fully saturated rings. The van der Waals surface area contributed by atoms with Crippen LogP contribution in [0, 0.1) is 0 Å². The minimum absolute atomic E-state index is 0.630. The summed E-state index contributed by atoms with van der Waals surface area (Å²) in [6.45, 7) is 0.630. The summed E-state index contributed by atoms with van der Waals surface area (Å²) in [4.78, 5) is 4.71. The van der Waals surface area contributed by atoms with Crippen molar-refractivity contribution in [2.45, 2.75) is 25.8 Å². The molecule has 1 aromatic carbocycles. The minimum atomic E-state index is 0.630. The number of rotatable bonds is 1. The van der Waals surface area contributed by atoms with Gasteiger partial charge >= 0.3 is 0 Å². The van der Waals surface area contributed by atoms with Crippen LogP contribution in [0.15, 0.2) is 24.3 Å². The molecule has 2 heteroatoms. The van der Waals surface area contributed by atoms with Gasteiger partial charge in [0.15, 0.2) is 0 Å². The fourth-order valence-electron chi connectivity index (χ4n) is 2.54. The molecular formula is C13H14N2. The molecule has 0 amide bonds. The third-order valence-corrected chi connectivity index (χ3v) is 3.24. The zero-order valence-electron chi connectivity index (χ0n) is 8.66. The van der Waals surface area contributed by atoms with Gasteiger partial charge < -0.3 is 5.73 Å². The van der Waals surface area contributed by atoms with Gasteiger partial charge in [0.2, 0.25) is 0 Å². The van der Waals surface area contributed by atoms with Gasteiger partial charge in [-0.05, 0) is 36.5 Å². The Kier molecular flexibility index (Phi) is 1.96. The standard InChI is InChI=1S/C13H14N2/c14-8-11-9-4-1-2-6-12(9)15-13-7-3-5-10(11)13/h1-2,4,6H,3,5,7-8,14H2. The Hall–Kier alpha value is -1.41. The van der Waals surface area contributed by atoms with Crippen LogP contribution < -0.4 is 5.73 Å². The van der Waals surface area contributed by atoms with E-state index in [2.05, 4.69) is 18.2 Å². The van der Waals surface area contributed by atoms with Crippen LogP contribution >= 0.6 is 0 Å². The van der Waals surface area contributed by atoms with E-state index in [0.29, 0.717) is 6.54 Å². The fraction of sp³-hybridized carbons (Fsp3) is 0.308. The lowest BCUT2D eigenvalue weighted by Crippen LogP contribution is -2.04. The van der Waals surface area contributed by atoms with Crippen molar-refractivity contribution in [3.63, 3.8) is 0 Å². The molecular weight excluding hydrogens is 184 g/mol. The maximum absolute atomic E-state index is 5.86. The number of aromatic nitrogens is 1. The summed E-state index contributed by atoms with van der Waals surface area (Å²) in [6, 6.07) is 8.30. The van der Waals surface area contributed by atoms with E-state index in [9.17, 15) is 0 Å². The Bertz CT molecular complexity index is 517. The zero-order valence-corrected chi connectivity index (χ0v) is 8.66. The van der Waals surface area contributed by atoms with Gasteiger partial charge in [0.25, 0.3) is 0 Å². The van der Waals surface area contributed by atoms with Crippen LogP contribution in [0.4, 0.5) is 0 Å². The Balaban J connectivity index is 2.41. The third kappa shape index (κ3) is 1.25. The Morgan fingerprint density at radius 3 is 2.93 bits per heavy atom. The van der Waals surface area contributed by atoms with Gasteiger partial charge in [-0.15, -0.1) is 0 Å². The van der Waals surface area contributed by atoms with Gasteiger partial charge in [0, 0.05) is 17.6 Å². The van der Waals surface area contributed by atoms with E-state index in [1.165, 1.54) is 28.6 Å². The van der Waals surface area contributed by atoms with Gasteiger partial charge in [-0.3, -0.25) is 4.98 Å². The van der Waals surface area contributed by atoms with Gasteiger partial charge in [0.05, 0.1) is 5.52 Å². The largest absolute Gasteiger partial charge is 0.326 e. The number of nitrogens with two attached hydrogens (primary N) is 1. The molecule has 0 saturated heterocycles. The second-order valence-corrected chi connectivity index (χ2v) is 4.09. The van der Waals surface area contributed by atoms with Crippen LogP contribution in [0.1, 0.15) is 23.2 Å². The number of pyridine rings is 1. The molecule has 0 bridgehead atoms. The SMILES string of the molecule is NCc1c2c(nc3ccccc13)CCC2. The summed E-state index contributed by atoms with van der Waals surface area (Å²) in [5, 5.41) is 1.24. The van der Waals surface area contributed by atoms with Crippen LogP contribution in [0.3, 0.4) is 0 Å². The molecule has 0 saturated carbocycles. The highest BCUT2D eigenvalue weighted by molar-refractivity contribution is 5.83. The normalized spacial score (nSPS) is 14.5. The molecule has 0 atom stereocenters. The molecule has 0 radical (unpaired) electrons. The predicted molar refractivity (Wildman–Crippen MR) is 61.7 cm³/mol. The molecule has 3 rings (SSSR count).